The Morgan fingerprint density at radius 3 is 2.67 bits per heavy atom. The van der Waals surface area contributed by atoms with Crippen LogP contribution in [0.4, 0.5) is 19.0 Å². The number of nitrogens with two attached hydrogens (primary N) is 1. The SMILES string of the molecule is CC(CC(N)=S)N(C)c1ncccc1C(F)(F)F. The Bertz CT molecular complexity index is 434. The van der Waals surface area contributed by atoms with Gasteiger partial charge in [-0.15, -0.1) is 0 Å². The summed E-state index contributed by atoms with van der Waals surface area (Å²) in [6, 6.07) is 2.02. The first-order chi connectivity index (χ1) is 8.23. The smallest absolute Gasteiger partial charge is 0.393 e. The number of aromatic nitrogens is 1. The van der Waals surface area contributed by atoms with Crippen LogP contribution in [0.3, 0.4) is 0 Å². The second kappa shape index (κ2) is 5.51. The maximum Gasteiger partial charge on any atom is 0.419 e. The Kier molecular flexibility index (Phi) is 4.50. The number of nitrogens with zero attached hydrogens (tertiary/aromatic N) is 2. The molecular formula is C11H14F3N3S. The van der Waals surface area contributed by atoms with E-state index in [4.69, 9.17) is 18.0 Å². The molecule has 1 heterocycles. The van der Waals surface area contributed by atoms with E-state index < -0.39 is 11.7 Å². The van der Waals surface area contributed by atoms with E-state index in [2.05, 4.69) is 4.98 Å². The van der Waals surface area contributed by atoms with Crippen LogP contribution in [0.5, 0.6) is 0 Å². The van der Waals surface area contributed by atoms with Crippen LogP contribution in [0.2, 0.25) is 0 Å². The van der Waals surface area contributed by atoms with Crippen molar-refractivity contribution in [3.05, 3.63) is 23.9 Å². The molecule has 7 heteroatoms. The fourth-order valence-corrected chi connectivity index (χ4v) is 1.78. The Morgan fingerprint density at radius 2 is 2.17 bits per heavy atom. The van der Waals surface area contributed by atoms with E-state index in [0.29, 0.717) is 6.42 Å². The van der Waals surface area contributed by atoms with Crippen LogP contribution in [-0.2, 0) is 6.18 Å². The topological polar surface area (TPSA) is 42.1 Å². The highest BCUT2D eigenvalue weighted by Crippen LogP contribution is 2.35. The predicted molar refractivity (Wildman–Crippen MR) is 68.5 cm³/mol. The summed E-state index contributed by atoms with van der Waals surface area (Å²) in [6.07, 6.45) is -2.77. The van der Waals surface area contributed by atoms with Crippen molar-refractivity contribution < 1.29 is 13.2 Å². The second-order valence-electron chi connectivity index (χ2n) is 4.00. The summed E-state index contributed by atoms with van der Waals surface area (Å²) in [5.74, 6) is -0.117. The van der Waals surface area contributed by atoms with Crippen molar-refractivity contribution in [2.24, 2.45) is 5.73 Å². The Morgan fingerprint density at radius 1 is 1.56 bits per heavy atom. The van der Waals surface area contributed by atoms with Crippen LogP contribution in [0.1, 0.15) is 18.9 Å². The summed E-state index contributed by atoms with van der Waals surface area (Å²) in [5.41, 5.74) is 4.63. The van der Waals surface area contributed by atoms with E-state index >= 15 is 0 Å². The molecule has 0 aromatic carbocycles. The van der Waals surface area contributed by atoms with Crippen LogP contribution in [0.15, 0.2) is 18.3 Å². The molecule has 0 aliphatic heterocycles. The monoisotopic (exact) mass is 277 g/mol. The molecule has 1 aromatic rings. The first kappa shape index (κ1) is 14.7. The van der Waals surface area contributed by atoms with Crippen molar-refractivity contribution in [3.8, 4) is 0 Å². The maximum atomic E-state index is 12.8. The Hall–Kier alpha value is -1.37. The third-order valence-corrected chi connectivity index (χ3v) is 2.75. The maximum absolute atomic E-state index is 12.8. The standard InChI is InChI=1S/C11H14F3N3S/c1-7(6-9(15)18)17(2)10-8(11(12,13)14)4-3-5-16-10/h3-5,7H,6H2,1-2H3,(H2,15,18). The molecule has 0 saturated carbocycles. The molecule has 1 unspecified atom stereocenters. The minimum Gasteiger partial charge on any atom is -0.393 e. The number of hydrogen-bond acceptors (Lipinski definition) is 3. The number of pyridine rings is 1. The summed E-state index contributed by atoms with van der Waals surface area (Å²) in [6.45, 7) is 1.74. The van der Waals surface area contributed by atoms with Gasteiger partial charge < -0.3 is 10.6 Å². The summed E-state index contributed by atoms with van der Waals surface area (Å²) in [7, 11) is 1.54. The van der Waals surface area contributed by atoms with E-state index in [1.807, 2.05) is 0 Å². The van der Waals surface area contributed by atoms with Crippen molar-refractivity contribution in [1.82, 2.24) is 4.98 Å². The molecule has 0 bridgehead atoms. The van der Waals surface area contributed by atoms with Crippen molar-refractivity contribution in [3.63, 3.8) is 0 Å². The average molecular weight is 277 g/mol. The zero-order valence-corrected chi connectivity index (χ0v) is 10.8. The van der Waals surface area contributed by atoms with E-state index in [-0.39, 0.29) is 16.8 Å². The summed E-state index contributed by atoms with van der Waals surface area (Å²) in [4.78, 5) is 5.49. The van der Waals surface area contributed by atoms with Gasteiger partial charge in [0, 0.05) is 25.7 Å². The normalized spacial score (nSPS) is 13.2. The molecule has 2 N–H and O–H groups in total. The average Bonchev–Trinajstić information content (AvgIpc) is 2.26. The predicted octanol–water partition coefficient (Wildman–Crippen LogP) is 2.60. The van der Waals surface area contributed by atoms with Gasteiger partial charge in [-0.1, -0.05) is 12.2 Å². The van der Waals surface area contributed by atoms with Gasteiger partial charge in [0.05, 0.1) is 10.6 Å². The van der Waals surface area contributed by atoms with Gasteiger partial charge in [0.25, 0.3) is 0 Å². The van der Waals surface area contributed by atoms with E-state index in [1.54, 1.807) is 14.0 Å². The highest BCUT2D eigenvalue weighted by molar-refractivity contribution is 7.80. The lowest BCUT2D eigenvalue weighted by Crippen LogP contribution is -2.34. The molecule has 18 heavy (non-hydrogen) atoms. The highest BCUT2D eigenvalue weighted by Gasteiger charge is 2.35. The molecule has 0 radical (unpaired) electrons. The molecule has 1 rings (SSSR count). The van der Waals surface area contributed by atoms with Gasteiger partial charge >= 0.3 is 6.18 Å². The van der Waals surface area contributed by atoms with Crippen molar-refractivity contribution in [2.75, 3.05) is 11.9 Å². The van der Waals surface area contributed by atoms with Crippen LogP contribution >= 0.6 is 12.2 Å². The lowest BCUT2D eigenvalue weighted by Gasteiger charge is -2.27. The molecular weight excluding hydrogens is 263 g/mol. The molecule has 0 aliphatic carbocycles. The number of halogens is 3. The zero-order valence-electron chi connectivity index (χ0n) is 10.0. The number of rotatable bonds is 4. The third-order valence-electron chi connectivity index (χ3n) is 2.58. The second-order valence-corrected chi connectivity index (χ2v) is 4.53. The van der Waals surface area contributed by atoms with Crippen LogP contribution in [0.25, 0.3) is 0 Å². The van der Waals surface area contributed by atoms with E-state index in [0.717, 1.165) is 6.07 Å². The van der Waals surface area contributed by atoms with Crippen LogP contribution < -0.4 is 10.6 Å². The number of hydrogen-bond donors (Lipinski definition) is 1. The first-order valence-corrected chi connectivity index (χ1v) is 5.67. The molecule has 0 fully saturated rings. The van der Waals surface area contributed by atoms with Gasteiger partial charge in [-0.25, -0.2) is 4.98 Å². The van der Waals surface area contributed by atoms with Gasteiger partial charge in [0.2, 0.25) is 0 Å². The minimum atomic E-state index is -4.43. The van der Waals surface area contributed by atoms with Gasteiger partial charge in [0.15, 0.2) is 0 Å². The minimum absolute atomic E-state index is 0.117. The third kappa shape index (κ3) is 3.56. The lowest BCUT2D eigenvalue weighted by molar-refractivity contribution is -0.137. The first-order valence-electron chi connectivity index (χ1n) is 5.27. The fraction of sp³-hybridized carbons (Fsp3) is 0.455. The number of thiocarbonyl (C=S) groups is 1. The molecule has 0 spiro atoms. The Labute approximate surface area is 109 Å². The zero-order chi connectivity index (χ0) is 13.9. The van der Waals surface area contributed by atoms with Crippen molar-refractivity contribution in [1.29, 1.82) is 0 Å². The van der Waals surface area contributed by atoms with Gasteiger partial charge in [-0.05, 0) is 19.1 Å². The van der Waals surface area contributed by atoms with E-state index in [9.17, 15) is 13.2 Å². The summed E-state index contributed by atoms with van der Waals surface area (Å²) in [5, 5.41) is 0. The molecule has 100 valence electrons. The quantitative estimate of drug-likeness (QED) is 0.859. The van der Waals surface area contributed by atoms with Gasteiger partial charge in [-0.3, -0.25) is 0 Å². The van der Waals surface area contributed by atoms with Crippen LogP contribution in [-0.4, -0.2) is 23.1 Å². The van der Waals surface area contributed by atoms with Gasteiger partial charge in [-0.2, -0.15) is 13.2 Å². The summed E-state index contributed by atoms with van der Waals surface area (Å²) >= 11 is 4.76. The highest BCUT2D eigenvalue weighted by atomic mass is 32.1. The number of alkyl halides is 3. The molecule has 0 saturated heterocycles. The largest absolute Gasteiger partial charge is 0.419 e. The van der Waals surface area contributed by atoms with E-state index in [1.165, 1.54) is 17.2 Å². The molecule has 0 amide bonds. The molecule has 1 atom stereocenters. The lowest BCUT2D eigenvalue weighted by atomic mass is 10.1. The molecule has 0 aliphatic rings. The molecule has 3 nitrogen and oxygen atoms in total. The van der Waals surface area contributed by atoms with Gasteiger partial charge in [0.1, 0.15) is 5.82 Å². The van der Waals surface area contributed by atoms with Crippen molar-refractivity contribution in [2.45, 2.75) is 25.6 Å². The Balaban J connectivity index is 3.06. The fourth-order valence-electron chi connectivity index (χ4n) is 1.54. The number of anilines is 1. The van der Waals surface area contributed by atoms with Crippen LogP contribution in [0, 0.1) is 0 Å². The molecule has 1 aromatic heterocycles. The van der Waals surface area contributed by atoms with Crippen molar-refractivity contribution >= 4 is 23.0 Å². The summed E-state index contributed by atoms with van der Waals surface area (Å²) < 4.78 is 38.5.